The first-order chi connectivity index (χ1) is 7.68. The molecule has 0 bridgehead atoms. The van der Waals surface area contributed by atoms with Gasteiger partial charge in [0.05, 0.1) is 12.2 Å². The smallest absolute Gasteiger partial charge is 0.306 e. The van der Waals surface area contributed by atoms with Crippen molar-refractivity contribution in [3.8, 4) is 0 Å². The molecule has 0 amide bonds. The average Bonchev–Trinajstić information content (AvgIpc) is 2.69. The fourth-order valence-electron chi connectivity index (χ4n) is 1.72. The topological polar surface area (TPSA) is 50.4 Å². The normalized spacial score (nSPS) is 12.8. The van der Waals surface area contributed by atoms with Crippen molar-refractivity contribution in [2.45, 2.75) is 19.8 Å². The quantitative estimate of drug-likeness (QED) is 0.857. The average molecular weight is 218 g/mol. The molecular formula is C13H14O3. The summed E-state index contributed by atoms with van der Waals surface area (Å²) in [5.41, 5.74) is 1.95. The number of hydrogen-bond donors (Lipinski definition) is 1. The zero-order valence-corrected chi connectivity index (χ0v) is 9.14. The van der Waals surface area contributed by atoms with E-state index in [1.54, 1.807) is 13.2 Å². The molecule has 0 fully saturated rings. The van der Waals surface area contributed by atoms with Gasteiger partial charge >= 0.3 is 5.97 Å². The van der Waals surface area contributed by atoms with Gasteiger partial charge in [-0.25, -0.2) is 0 Å². The lowest BCUT2D eigenvalue weighted by molar-refractivity contribution is -0.141. The number of carboxylic acid groups (broad SMARTS) is 1. The molecule has 3 nitrogen and oxygen atoms in total. The summed E-state index contributed by atoms with van der Waals surface area (Å²) in [4.78, 5) is 10.7. The number of rotatable bonds is 4. The van der Waals surface area contributed by atoms with E-state index >= 15 is 0 Å². The first-order valence-corrected chi connectivity index (χ1v) is 5.36. The number of aryl methyl sites for hydroxylation is 1. The minimum atomic E-state index is -0.743. The standard InChI is InChI=1S/C13H14O3/c1-9(13(14)15)6-7-10-8-16-12-5-3-2-4-11(10)12/h2-5,8-9H,6-7H2,1H3,(H,14,15). The van der Waals surface area contributed by atoms with Gasteiger partial charge < -0.3 is 9.52 Å². The number of para-hydroxylation sites is 1. The molecule has 0 radical (unpaired) electrons. The molecule has 0 spiro atoms. The Kier molecular flexibility index (Phi) is 2.95. The van der Waals surface area contributed by atoms with Gasteiger partial charge in [0.1, 0.15) is 5.58 Å². The molecule has 2 rings (SSSR count). The molecule has 84 valence electrons. The molecule has 1 heterocycles. The third-order valence-corrected chi connectivity index (χ3v) is 2.83. The van der Waals surface area contributed by atoms with Gasteiger partial charge in [-0.1, -0.05) is 25.1 Å². The predicted octanol–water partition coefficient (Wildman–Crippen LogP) is 3.09. The summed E-state index contributed by atoms with van der Waals surface area (Å²) < 4.78 is 5.39. The molecule has 1 N–H and O–H groups in total. The maximum Gasteiger partial charge on any atom is 0.306 e. The van der Waals surface area contributed by atoms with Gasteiger partial charge in [-0.15, -0.1) is 0 Å². The molecule has 16 heavy (non-hydrogen) atoms. The van der Waals surface area contributed by atoms with Crippen LogP contribution in [0.3, 0.4) is 0 Å². The van der Waals surface area contributed by atoms with Crippen LogP contribution in [0.1, 0.15) is 18.9 Å². The van der Waals surface area contributed by atoms with Gasteiger partial charge in [-0.05, 0) is 24.5 Å². The number of aliphatic carboxylic acids is 1. The Morgan fingerprint density at radius 2 is 2.19 bits per heavy atom. The molecule has 0 saturated carbocycles. The Morgan fingerprint density at radius 3 is 2.94 bits per heavy atom. The van der Waals surface area contributed by atoms with Crippen LogP contribution >= 0.6 is 0 Å². The lowest BCUT2D eigenvalue weighted by atomic mass is 10.0. The maximum absolute atomic E-state index is 10.7. The number of furan rings is 1. The molecule has 0 aliphatic rings. The fraction of sp³-hybridized carbons (Fsp3) is 0.308. The Morgan fingerprint density at radius 1 is 1.44 bits per heavy atom. The molecule has 1 atom stereocenters. The summed E-state index contributed by atoms with van der Waals surface area (Å²) in [6.45, 7) is 1.73. The Bertz CT molecular complexity index is 499. The Labute approximate surface area is 93.7 Å². The highest BCUT2D eigenvalue weighted by atomic mass is 16.4. The number of fused-ring (bicyclic) bond motifs is 1. The zero-order chi connectivity index (χ0) is 11.5. The van der Waals surface area contributed by atoms with Crippen LogP contribution in [0.5, 0.6) is 0 Å². The van der Waals surface area contributed by atoms with Crippen LogP contribution in [-0.2, 0) is 11.2 Å². The van der Waals surface area contributed by atoms with Gasteiger partial charge in [0.15, 0.2) is 0 Å². The van der Waals surface area contributed by atoms with E-state index in [1.807, 2.05) is 24.3 Å². The SMILES string of the molecule is CC(CCc1coc2ccccc12)C(=O)O. The first kappa shape index (κ1) is 10.7. The summed E-state index contributed by atoms with van der Waals surface area (Å²) in [5.74, 6) is -1.05. The van der Waals surface area contributed by atoms with Crippen molar-refractivity contribution in [1.29, 1.82) is 0 Å². The van der Waals surface area contributed by atoms with Gasteiger partial charge in [0.2, 0.25) is 0 Å². The molecule has 0 aliphatic carbocycles. The first-order valence-electron chi connectivity index (χ1n) is 5.36. The highest BCUT2D eigenvalue weighted by molar-refractivity contribution is 5.80. The van der Waals surface area contributed by atoms with Crippen molar-refractivity contribution in [3.63, 3.8) is 0 Å². The Balaban J connectivity index is 2.13. The van der Waals surface area contributed by atoms with Gasteiger partial charge in [0, 0.05) is 5.39 Å². The van der Waals surface area contributed by atoms with Crippen LogP contribution in [-0.4, -0.2) is 11.1 Å². The monoisotopic (exact) mass is 218 g/mol. The molecule has 1 aromatic carbocycles. The molecule has 0 aliphatic heterocycles. The predicted molar refractivity (Wildman–Crippen MR) is 61.3 cm³/mol. The second-order valence-corrected chi connectivity index (χ2v) is 4.04. The minimum Gasteiger partial charge on any atom is -0.481 e. The molecule has 1 unspecified atom stereocenters. The third kappa shape index (κ3) is 2.08. The molecule has 0 saturated heterocycles. The van der Waals surface area contributed by atoms with Crippen LogP contribution in [0, 0.1) is 5.92 Å². The molecule has 1 aromatic heterocycles. The van der Waals surface area contributed by atoms with E-state index in [4.69, 9.17) is 9.52 Å². The van der Waals surface area contributed by atoms with Gasteiger partial charge in [-0.3, -0.25) is 4.79 Å². The van der Waals surface area contributed by atoms with Crippen LogP contribution in [0.2, 0.25) is 0 Å². The van der Waals surface area contributed by atoms with Crippen molar-refractivity contribution in [1.82, 2.24) is 0 Å². The summed E-state index contributed by atoms with van der Waals surface area (Å²) in [6.07, 6.45) is 3.10. The third-order valence-electron chi connectivity index (χ3n) is 2.83. The van der Waals surface area contributed by atoms with E-state index in [0.29, 0.717) is 6.42 Å². The second kappa shape index (κ2) is 4.39. The van der Waals surface area contributed by atoms with E-state index in [-0.39, 0.29) is 5.92 Å². The zero-order valence-electron chi connectivity index (χ0n) is 9.14. The van der Waals surface area contributed by atoms with Gasteiger partial charge in [-0.2, -0.15) is 0 Å². The maximum atomic E-state index is 10.7. The molecular weight excluding hydrogens is 204 g/mol. The van der Waals surface area contributed by atoms with Crippen LogP contribution in [0.25, 0.3) is 11.0 Å². The van der Waals surface area contributed by atoms with Crippen molar-refractivity contribution in [2.75, 3.05) is 0 Å². The van der Waals surface area contributed by atoms with Crippen LogP contribution < -0.4 is 0 Å². The van der Waals surface area contributed by atoms with E-state index in [2.05, 4.69) is 0 Å². The lowest BCUT2D eigenvalue weighted by Gasteiger charge is -2.03. The summed E-state index contributed by atoms with van der Waals surface area (Å²) in [6, 6.07) is 7.80. The summed E-state index contributed by atoms with van der Waals surface area (Å²) in [7, 11) is 0. The second-order valence-electron chi connectivity index (χ2n) is 4.04. The summed E-state index contributed by atoms with van der Waals surface area (Å²) >= 11 is 0. The number of hydrogen-bond acceptors (Lipinski definition) is 2. The van der Waals surface area contributed by atoms with Crippen molar-refractivity contribution >= 4 is 16.9 Å². The van der Waals surface area contributed by atoms with Crippen molar-refractivity contribution in [2.24, 2.45) is 5.92 Å². The minimum absolute atomic E-state index is 0.311. The highest BCUT2D eigenvalue weighted by Crippen LogP contribution is 2.22. The van der Waals surface area contributed by atoms with E-state index in [0.717, 1.165) is 23.0 Å². The molecule has 3 heteroatoms. The fourth-order valence-corrected chi connectivity index (χ4v) is 1.72. The van der Waals surface area contributed by atoms with E-state index in [1.165, 1.54) is 0 Å². The van der Waals surface area contributed by atoms with E-state index < -0.39 is 5.97 Å². The van der Waals surface area contributed by atoms with Crippen LogP contribution in [0.15, 0.2) is 34.9 Å². The highest BCUT2D eigenvalue weighted by Gasteiger charge is 2.12. The largest absolute Gasteiger partial charge is 0.481 e. The number of benzene rings is 1. The lowest BCUT2D eigenvalue weighted by Crippen LogP contribution is -2.10. The molecule has 2 aromatic rings. The van der Waals surface area contributed by atoms with Crippen molar-refractivity contribution in [3.05, 3.63) is 36.1 Å². The summed E-state index contributed by atoms with van der Waals surface area (Å²) in [5, 5.41) is 9.88. The van der Waals surface area contributed by atoms with Crippen LogP contribution in [0.4, 0.5) is 0 Å². The Hall–Kier alpha value is -1.77. The van der Waals surface area contributed by atoms with Crippen molar-refractivity contribution < 1.29 is 14.3 Å². The van der Waals surface area contributed by atoms with E-state index in [9.17, 15) is 4.79 Å². The number of carboxylic acids is 1. The number of carbonyl (C=O) groups is 1. The van der Waals surface area contributed by atoms with Gasteiger partial charge in [0.25, 0.3) is 0 Å².